The second-order valence-corrected chi connectivity index (χ2v) is 6.48. The summed E-state index contributed by atoms with van der Waals surface area (Å²) >= 11 is 0. The Balaban J connectivity index is 1.77. The molecule has 2 rings (SSSR count). The summed E-state index contributed by atoms with van der Waals surface area (Å²) in [4.78, 5) is 13.8. The minimum atomic E-state index is -0.495. The van der Waals surface area contributed by atoms with Crippen LogP contribution in [0.1, 0.15) is 45.4 Å². The van der Waals surface area contributed by atoms with E-state index < -0.39 is 5.60 Å². The van der Waals surface area contributed by atoms with E-state index in [-0.39, 0.29) is 11.9 Å². The van der Waals surface area contributed by atoms with Crippen LogP contribution in [-0.4, -0.2) is 48.3 Å². The fourth-order valence-corrected chi connectivity index (χ4v) is 3.37. The maximum atomic E-state index is 11.5. The number of β-amino-alcohol motifs (C(OH)–C–C–N with tert-alkyl or cyclic N) is 1. The number of nitrogens with zero attached hydrogens (tertiary/aromatic N) is 1. The summed E-state index contributed by atoms with van der Waals surface area (Å²) in [5, 5.41) is 10.6. The molecule has 1 saturated heterocycles. The molecule has 2 aliphatic rings. The van der Waals surface area contributed by atoms with Crippen molar-refractivity contribution in [1.29, 1.82) is 0 Å². The van der Waals surface area contributed by atoms with Crippen molar-refractivity contribution in [2.75, 3.05) is 26.7 Å². The Hall–Kier alpha value is -0.610. The second-order valence-electron chi connectivity index (χ2n) is 6.48. The van der Waals surface area contributed by atoms with Gasteiger partial charge in [-0.1, -0.05) is 6.92 Å². The van der Waals surface area contributed by atoms with Gasteiger partial charge in [0, 0.05) is 6.54 Å². The summed E-state index contributed by atoms with van der Waals surface area (Å²) in [5.74, 6) is 0.734. The number of carbonyl (C=O) groups excluding carboxylic acids is 1. The molecule has 1 saturated carbocycles. The van der Waals surface area contributed by atoms with Crippen LogP contribution in [0.3, 0.4) is 0 Å². The molecule has 0 aromatic rings. The van der Waals surface area contributed by atoms with E-state index in [4.69, 9.17) is 4.74 Å². The molecule has 0 spiro atoms. The lowest BCUT2D eigenvalue weighted by atomic mass is 9.79. The number of esters is 1. The van der Waals surface area contributed by atoms with E-state index in [1.807, 2.05) is 0 Å². The summed E-state index contributed by atoms with van der Waals surface area (Å²) in [6, 6.07) is 0. The predicted octanol–water partition coefficient (Wildman–Crippen LogP) is 1.81. The number of hydrogen-bond acceptors (Lipinski definition) is 4. The molecule has 1 N–H and O–H groups in total. The van der Waals surface area contributed by atoms with Gasteiger partial charge in [0.15, 0.2) is 0 Å². The highest BCUT2D eigenvalue weighted by Crippen LogP contribution is 2.33. The van der Waals surface area contributed by atoms with Crippen LogP contribution >= 0.6 is 0 Å². The Morgan fingerprint density at radius 3 is 2.37 bits per heavy atom. The van der Waals surface area contributed by atoms with Crippen LogP contribution < -0.4 is 0 Å². The van der Waals surface area contributed by atoms with Crippen molar-refractivity contribution >= 4 is 5.97 Å². The maximum absolute atomic E-state index is 11.5. The van der Waals surface area contributed by atoms with Crippen LogP contribution in [0.15, 0.2) is 0 Å². The zero-order valence-corrected chi connectivity index (χ0v) is 12.2. The molecule has 0 amide bonds. The molecule has 110 valence electrons. The van der Waals surface area contributed by atoms with Gasteiger partial charge in [-0.2, -0.15) is 0 Å². The smallest absolute Gasteiger partial charge is 0.308 e. The van der Waals surface area contributed by atoms with E-state index in [0.29, 0.717) is 0 Å². The molecule has 0 bridgehead atoms. The summed E-state index contributed by atoms with van der Waals surface area (Å²) in [5.41, 5.74) is -0.495. The first-order valence-electron chi connectivity index (χ1n) is 7.55. The first-order chi connectivity index (χ1) is 9.02. The number of hydrogen-bond donors (Lipinski definition) is 1. The van der Waals surface area contributed by atoms with Crippen molar-refractivity contribution in [3.63, 3.8) is 0 Å². The second kappa shape index (κ2) is 6.23. The highest BCUT2D eigenvalue weighted by atomic mass is 16.5. The van der Waals surface area contributed by atoms with Crippen LogP contribution in [0, 0.1) is 11.8 Å². The molecule has 0 unspecified atom stereocenters. The summed E-state index contributed by atoms with van der Waals surface area (Å²) in [6.45, 7) is 4.84. The number of ether oxygens (including phenoxy) is 1. The van der Waals surface area contributed by atoms with Crippen LogP contribution in [0.5, 0.6) is 0 Å². The monoisotopic (exact) mass is 269 g/mol. The van der Waals surface area contributed by atoms with Crippen molar-refractivity contribution < 1.29 is 14.6 Å². The molecule has 1 heterocycles. The third kappa shape index (κ3) is 3.93. The zero-order chi connectivity index (χ0) is 13.9. The third-order valence-corrected chi connectivity index (χ3v) is 4.85. The van der Waals surface area contributed by atoms with Crippen molar-refractivity contribution in [2.45, 2.75) is 51.0 Å². The van der Waals surface area contributed by atoms with Gasteiger partial charge >= 0.3 is 5.97 Å². The molecular weight excluding hydrogens is 242 g/mol. The fourth-order valence-electron chi connectivity index (χ4n) is 3.37. The first kappa shape index (κ1) is 14.8. The number of aliphatic hydroxyl groups is 1. The van der Waals surface area contributed by atoms with Crippen molar-refractivity contribution in [2.24, 2.45) is 11.8 Å². The normalized spacial score (nSPS) is 34.2. The number of likely N-dealkylation sites (tertiary alicyclic amines) is 1. The number of methoxy groups -OCH3 is 1. The highest BCUT2D eigenvalue weighted by molar-refractivity contribution is 5.72. The fraction of sp³-hybridized carbons (Fsp3) is 0.933. The minimum Gasteiger partial charge on any atom is -0.469 e. The third-order valence-electron chi connectivity index (χ3n) is 4.85. The van der Waals surface area contributed by atoms with Gasteiger partial charge in [0.1, 0.15) is 0 Å². The predicted molar refractivity (Wildman–Crippen MR) is 73.8 cm³/mol. The van der Waals surface area contributed by atoms with Gasteiger partial charge in [-0.05, 0) is 57.5 Å². The Labute approximate surface area is 116 Å². The molecule has 1 aliphatic heterocycles. The average molecular weight is 269 g/mol. The molecule has 19 heavy (non-hydrogen) atoms. The Morgan fingerprint density at radius 2 is 1.84 bits per heavy atom. The molecule has 0 radical (unpaired) electrons. The van der Waals surface area contributed by atoms with Gasteiger partial charge < -0.3 is 14.7 Å². The standard InChI is InChI=1S/C15H27NO3/c1-12-3-7-15(18,8-4-12)11-16-9-5-13(6-10-16)14(17)19-2/h12-13,18H,3-11H2,1-2H3. The molecular formula is C15H27NO3. The number of piperidine rings is 1. The van der Waals surface area contributed by atoms with E-state index in [1.165, 1.54) is 7.11 Å². The van der Waals surface area contributed by atoms with Crippen molar-refractivity contribution in [3.05, 3.63) is 0 Å². The van der Waals surface area contributed by atoms with Gasteiger partial charge in [0.25, 0.3) is 0 Å². The largest absolute Gasteiger partial charge is 0.469 e. The van der Waals surface area contributed by atoms with Gasteiger partial charge in [-0.15, -0.1) is 0 Å². The van der Waals surface area contributed by atoms with Gasteiger partial charge in [-0.3, -0.25) is 4.79 Å². The lowest BCUT2D eigenvalue weighted by Gasteiger charge is -2.40. The first-order valence-corrected chi connectivity index (χ1v) is 7.55. The Kier molecular flexibility index (Phi) is 4.85. The van der Waals surface area contributed by atoms with E-state index in [9.17, 15) is 9.90 Å². The van der Waals surface area contributed by atoms with E-state index >= 15 is 0 Å². The molecule has 2 fully saturated rings. The Morgan fingerprint density at radius 1 is 1.26 bits per heavy atom. The molecule has 0 aromatic carbocycles. The topological polar surface area (TPSA) is 49.8 Å². The number of carbonyl (C=O) groups is 1. The van der Waals surface area contributed by atoms with E-state index in [1.54, 1.807) is 0 Å². The van der Waals surface area contributed by atoms with Crippen LogP contribution in [-0.2, 0) is 9.53 Å². The zero-order valence-electron chi connectivity index (χ0n) is 12.2. The molecule has 0 aromatic heterocycles. The van der Waals surface area contributed by atoms with Gasteiger partial charge in [0.2, 0.25) is 0 Å². The molecule has 4 heteroatoms. The summed E-state index contributed by atoms with van der Waals surface area (Å²) in [6.07, 6.45) is 5.83. The highest BCUT2D eigenvalue weighted by Gasteiger charge is 2.35. The van der Waals surface area contributed by atoms with Crippen molar-refractivity contribution in [3.8, 4) is 0 Å². The van der Waals surface area contributed by atoms with Gasteiger partial charge in [0.05, 0.1) is 18.6 Å². The van der Waals surface area contributed by atoms with Crippen molar-refractivity contribution in [1.82, 2.24) is 4.90 Å². The van der Waals surface area contributed by atoms with Crippen LogP contribution in [0.2, 0.25) is 0 Å². The maximum Gasteiger partial charge on any atom is 0.308 e. The van der Waals surface area contributed by atoms with Gasteiger partial charge in [-0.25, -0.2) is 0 Å². The van der Waals surface area contributed by atoms with Crippen LogP contribution in [0.25, 0.3) is 0 Å². The average Bonchev–Trinajstić information content (AvgIpc) is 2.42. The SMILES string of the molecule is COC(=O)C1CCN(CC2(O)CCC(C)CC2)CC1. The summed E-state index contributed by atoms with van der Waals surface area (Å²) in [7, 11) is 1.46. The van der Waals surface area contributed by atoms with E-state index in [2.05, 4.69) is 11.8 Å². The van der Waals surface area contributed by atoms with E-state index in [0.717, 1.165) is 64.1 Å². The quantitative estimate of drug-likeness (QED) is 0.794. The Bertz CT molecular complexity index is 303. The lowest BCUT2D eigenvalue weighted by molar-refractivity contribution is -0.147. The number of rotatable bonds is 3. The molecule has 0 atom stereocenters. The lowest BCUT2D eigenvalue weighted by Crippen LogP contribution is -2.48. The summed E-state index contributed by atoms with van der Waals surface area (Å²) < 4.78 is 4.80. The van der Waals surface area contributed by atoms with Crippen LogP contribution in [0.4, 0.5) is 0 Å². The molecule has 4 nitrogen and oxygen atoms in total. The molecule has 1 aliphatic carbocycles. The minimum absolute atomic E-state index is 0.0577.